The van der Waals surface area contributed by atoms with Crippen LogP contribution in [0.25, 0.3) is 0 Å². The average molecular weight is 428 g/mol. The van der Waals surface area contributed by atoms with E-state index in [2.05, 4.69) is 21.2 Å². The maximum atomic E-state index is 12.8. The fourth-order valence-electron chi connectivity index (χ4n) is 2.79. The van der Waals surface area contributed by atoms with E-state index in [-0.39, 0.29) is 23.6 Å². The molecule has 1 aliphatic heterocycles. The fourth-order valence-corrected chi connectivity index (χ4v) is 4.31. The van der Waals surface area contributed by atoms with E-state index in [1.54, 1.807) is 4.90 Å². The molecule has 25 heavy (non-hydrogen) atoms. The van der Waals surface area contributed by atoms with Gasteiger partial charge in [-0.3, -0.25) is 14.4 Å². The van der Waals surface area contributed by atoms with Gasteiger partial charge in [-0.25, -0.2) is 0 Å². The van der Waals surface area contributed by atoms with Crippen LogP contribution >= 0.6 is 27.7 Å². The number of hydrogen-bond donors (Lipinski definition) is 2. The Balaban J connectivity index is 2.03. The number of carbonyl (C=O) groups excluding carboxylic acids is 3. The summed E-state index contributed by atoms with van der Waals surface area (Å²) in [4.78, 5) is 38.4. The van der Waals surface area contributed by atoms with Crippen LogP contribution in [-0.4, -0.2) is 47.5 Å². The van der Waals surface area contributed by atoms with E-state index in [0.29, 0.717) is 25.3 Å². The highest BCUT2D eigenvalue weighted by molar-refractivity contribution is 9.10. The molecule has 2 atom stereocenters. The maximum Gasteiger partial charge on any atom is 0.246 e. The number of thioether (sulfide) groups is 1. The van der Waals surface area contributed by atoms with Gasteiger partial charge in [-0.05, 0) is 31.0 Å². The Morgan fingerprint density at radius 3 is 2.84 bits per heavy atom. The van der Waals surface area contributed by atoms with Gasteiger partial charge in [0.15, 0.2) is 0 Å². The fraction of sp³-hybridized carbons (Fsp3) is 0.471. The summed E-state index contributed by atoms with van der Waals surface area (Å²) in [5.41, 5.74) is 5.38. The van der Waals surface area contributed by atoms with Crippen molar-refractivity contribution in [3.05, 3.63) is 28.7 Å². The lowest BCUT2D eigenvalue weighted by atomic mass is 9.97. The lowest BCUT2D eigenvalue weighted by Crippen LogP contribution is -2.53. The van der Waals surface area contributed by atoms with Gasteiger partial charge in [0.1, 0.15) is 6.04 Å². The van der Waals surface area contributed by atoms with Crippen LogP contribution in [-0.2, 0) is 14.4 Å². The number of halogens is 1. The van der Waals surface area contributed by atoms with E-state index in [4.69, 9.17) is 5.73 Å². The Morgan fingerprint density at radius 2 is 2.20 bits per heavy atom. The first kappa shape index (κ1) is 19.8. The number of nitrogens with one attached hydrogen (secondary N) is 1. The maximum absolute atomic E-state index is 12.8. The van der Waals surface area contributed by atoms with Crippen molar-refractivity contribution in [1.82, 2.24) is 10.2 Å². The van der Waals surface area contributed by atoms with Gasteiger partial charge < -0.3 is 16.0 Å². The standard InChI is InChI=1S/C17H22BrN3O3S/c1-11(22)20-15(10-25-14-6-2-5-13(18)8-14)17(24)21-7-3-4-12(9-21)16(19)23/h2,5-6,8,12,15H,3-4,7,9-10H2,1H3,(H2,19,23)(H,20,22). The van der Waals surface area contributed by atoms with E-state index in [1.165, 1.54) is 18.7 Å². The number of carbonyl (C=O) groups is 3. The van der Waals surface area contributed by atoms with Crippen LogP contribution in [0.3, 0.4) is 0 Å². The number of hydrogen-bond acceptors (Lipinski definition) is 4. The third-order valence-corrected chi connectivity index (χ3v) is 5.60. The number of benzene rings is 1. The number of rotatable bonds is 6. The Hall–Kier alpha value is -1.54. The molecule has 1 heterocycles. The highest BCUT2D eigenvalue weighted by atomic mass is 79.9. The summed E-state index contributed by atoms with van der Waals surface area (Å²) in [5.74, 6) is -0.683. The molecular weight excluding hydrogens is 406 g/mol. The van der Waals surface area contributed by atoms with Gasteiger partial charge in [-0.15, -0.1) is 11.8 Å². The molecule has 136 valence electrons. The molecule has 6 nitrogen and oxygen atoms in total. The van der Waals surface area contributed by atoms with Crippen molar-refractivity contribution >= 4 is 45.4 Å². The van der Waals surface area contributed by atoms with Crippen molar-refractivity contribution < 1.29 is 14.4 Å². The quantitative estimate of drug-likeness (QED) is 0.676. The van der Waals surface area contributed by atoms with E-state index >= 15 is 0 Å². The highest BCUT2D eigenvalue weighted by Crippen LogP contribution is 2.24. The summed E-state index contributed by atoms with van der Waals surface area (Å²) in [7, 11) is 0. The topological polar surface area (TPSA) is 92.5 Å². The molecule has 0 radical (unpaired) electrons. The summed E-state index contributed by atoms with van der Waals surface area (Å²) >= 11 is 4.92. The van der Waals surface area contributed by atoms with E-state index < -0.39 is 6.04 Å². The summed E-state index contributed by atoms with van der Waals surface area (Å²) in [6.45, 7) is 2.30. The number of primary amides is 1. The van der Waals surface area contributed by atoms with Crippen molar-refractivity contribution in [3.8, 4) is 0 Å². The number of amides is 3. The van der Waals surface area contributed by atoms with Crippen LogP contribution < -0.4 is 11.1 Å². The van der Waals surface area contributed by atoms with Crippen molar-refractivity contribution in [2.24, 2.45) is 11.7 Å². The van der Waals surface area contributed by atoms with Gasteiger partial charge in [0.2, 0.25) is 17.7 Å². The Kier molecular flexibility index (Phi) is 7.31. The first-order valence-corrected chi connectivity index (χ1v) is 9.88. The van der Waals surface area contributed by atoms with Crippen molar-refractivity contribution in [3.63, 3.8) is 0 Å². The average Bonchev–Trinajstić information content (AvgIpc) is 2.58. The number of piperidine rings is 1. The molecule has 1 saturated heterocycles. The van der Waals surface area contributed by atoms with Crippen LogP contribution in [0.1, 0.15) is 19.8 Å². The summed E-state index contributed by atoms with van der Waals surface area (Å²) in [6.07, 6.45) is 1.45. The Labute approximate surface area is 160 Å². The second-order valence-corrected chi connectivity index (χ2v) is 8.06. The molecule has 0 bridgehead atoms. The highest BCUT2D eigenvalue weighted by Gasteiger charge is 2.31. The molecule has 3 amide bonds. The molecule has 1 aliphatic rings. The minimum Gasteiger partial charge on any atom is -0.369 e. The lowest BCUT2D eigenvalue weighted by Gasteiger charge is -2.33. The molecule has 0 aliphatic carbocycles. The SMILES string of the molecule is CC(=O)NC(CSc1cccc(Br)c1)C(=O)N1CCCC(C(N)=O)C1. The van der Waals surface area contributed by atoms with Crippen molar-refractivity contribution in [1.29, 1.82) is 0 Å². The first-order valence-electron chi connectivity index (χ1n) is 8.10. The number of nitrogens with zero attached hydrogens (tertiary/aromatic N) is 1. The van der Waals surface area contributed by atoms with Crippen molar-refractivity contribution in [2.75, 3.05) is 18.8 Å². The van der Waals surface area contributed by atoms with Crippen LogP contribution in [0.4, 0.5) is 0 Å². The molecule has 0 aromatic heterocycles. The number of likely N-dealkylation sites (tertiary alicyclic amines) is 1. The molecule has 0 saturated carbocycles. The normalized spacial score (nSPS) is 18.5. The van der Waals surface area contributed by atoms with E-state index in [0.717, 1.165) is 15.8 Å². The monoisotopic (exact) mass is 427 g/mol. The third-order valence-electron chi connectivity index (χ3n) is 4.02. The van der Waals surface area contributed by atoms with Crippen LogP contribution in [0.5, 0.6) is 0 Å². The molecule has 3 N–H and O–H groups in total. The first-order chi connectivity index (χ1) is 11.9. The van der Waals surface area contributed by atoms with E-state index in [1.807, 2.05) is 24.3 Å². The van der Waals surface area contributed by atoms with Gasteiger partial charge >= 0.3 is 0 Å². The van der Waals surface area contributed by atoms with Crippen molar-refractivity contribution in [2.45, 2.75) is 30.7 Å². The minimum absolute atomic E-state index is 0.163. The molecular formula is C17H22BrN3O3S. The lowest BCUT2D eigenvalue weighted by molar-refractivity contribution is -0.138. The zero-order valence-corrected chi connectivity index (χ0v) is 16.4. The van der Waals surface area contributed by atoms with E-state index in [9.17, 15) is 14.4 Å². The summed E-state index contributed by atoms with van der Waals surface area (Å²) in [6, 6.07) is 7.13. The molecule has 0 spiro atoms. The Morgan fingerprint density at radius 1 is 1.44 bits per heavy atom. The summed E-state index contributed by atoms with van der Waals surface area (Å²) in [5, 5.41) is 2.73. The molecule has 2 rings (SSSR count). The second-order valence-electron chi connectivity index (χ2n) is 6.05. The van der Waals surface area contributed by atoms with Crippen LogP contribution in [0.2, 0.25) is 0 Å². The predicted molar refractivity (Wildman–Crippen MR) is 101 cm³/mol. The van der Waals surface area contributed by atoms with Gasteiger partial charge in [0.25, 0.3) is 0 Å². The number of nitrogens with two attached hydrogens (primary N) is 1. The zero-order chi connectivity index (χ0) is 18.4. The minimum atomic E-state index is -0.631. The molecule has 2 unspecified atom stereocenters. The Bertz CT molecular complexity index is 656. The van der Waals surface area contributed by atoms with Gasteiger partial charge in [0.05, 0.1) is 5.92 Å². The molecule has 1 fully saturated rings. The van der Waals surface area contributed by atoms with Gasteiger partial charge in [0, 0.05) is 35.1 Å². The zero-order valence-electron chi connectivity index (χ0n) is 14.0. The summed E-state index contributed by atoms with van der Waals surface area (Å²) < 4.78 is 0.959. The predicted octanol–water partition coefficient (Wildman–Crippen LogP) is 1.77. The largest absolute Gasteiger partial charge is 0.369 e. The van der Waals surface area contributed by atoms with Gasteiger partial charge in [-0.2, -0.15) is 0 Å². The second kappa shape index (κ2) is 9.24. The smallest absolute Gasteiger partial charge is 0.246 e. The molecule has 1 aromatic carbocycles. The molecule has 1 aromatic rings. The van der Waals surface area contributed by atoms with Crippen LogP contribution in [0.15, 0.2) is 33.6 Å². The van der Waals surface area contributed by atoms with Gasteiger partial charge in [-0.1, -0.05) is 22.0 Å². The third kappa shape index (κ3) is 6.04. The van der Waals surface area contributed by atoms with Crippen LogP contribution in [0, 0.1) is 5.92 Å². The molecule has 8 heteroatoms.